The van der Waals surface area contributed by atoms with E-state index in [9.17, 15) is 15.0 Å². The Balaban J connectivity index is 2.36. The molecule has 0 fully saturated rings. The second kappa shape index (κ2) is 3.92. The molecule has 1 aromatic carbocycles. The molecule has 2 atom stereocenters. The Bertz CT molecular complexity index is 489. The van der Waals surface area contributed by atoms with Gasteiger partial charge in [-0.2, -0.15) is 0 Å². The number of aliphatic carboxylic acids is 1. The molecule has 0 unspecified atom stereocenters. The van der Waals surface area contributed by atoms with Crippen molar-refractivity contribution in [2.45, 2.75) is 12.2 Å². The Morgan fingerprint density at radius 2 is 2.06 bits per heavy atom. The van der Waals surface area contributed by atoms with Crippen LogP contribution in [0.3, 0.4) is 0 Å². The molecule has 2 aromatic rings. The van der Waals surface area contributed by atoms with Crippen LogP contribution in [-0.4, -0.2) is 32.3 Å². The van der Waals surface area contributed by atoms with E-state index < -0.39 is 18.2 Å². The van der Waals surface area contributed by atoms with Crippen LogP contribution in [0.25, 0.3) is 11.0 Å². The summed E-state index contributed by atoms with van der Waals surface area (Å²) in [6, 6.07) is 6.96. The summed E-state index contributed by atoms with van der Waals surface area (Å²) in [5, 5.41) is 29.0. The minimum atomic E-state index is -2.00. The van der Waals surface area contributed by atoms with E-state index in [1.165, 1.54) is 0 Å². The van der Waals surface area contributed by atoms with Crippen molar-refractivity contribution in [2.75, 3.05) is 0 Å². The first-order valence-corrected chi connectivity index (χ1v) is 4.61. The van der Waals surface area contributed by atoms with Crippen LogP contribution in [0.1, 0.15) is 11.9 Å². The molecule has 0 aliphatic carbocycles. The molecular formula is C10H9N2O4-. The van der Waals surface area contributed by atoms with Gasteiger partial charge in [-0.25, -0.2) is 4.98 Å². The number of carbonyl (C=O) groups excluding carboxylic acids is 1. The van der Waals surface area contributed by atoms with Gasteiger partial charge in [0.15, 0.2) is 0 Å². The molecule has 3 N–H and O–H groups in total. The molecule has 0 spiro atoms. The molecule has 0 saturated carbocycles. The van der Waals surface area contributed by atoms with Gasteiger partial charge in [-0.3, -0.25) is 0 Å². The van der Waals surface area contributed by atoms with Gasteiger partial charge in [-0.15, -0.1) is 0 Å². The van der Waals surface area contributed by atoms with E-state index in [-0.39, 0.29) is 5.82 Å². The van der Waals surface area contributed by atoms with Crippen molar-refractivity contribution in [2.24, 2.45) is 0 Å². The van der Waals surface area contributed by atoms with Crippen LogP contribution in [0, 0.1) is 0 Å². The summed E-state index contributed by atoms with van der Waals surface area (Å²) in [6.07, 6.45) is -3.63. The van der Waals surface area contributed by atoms with Crippen molar-refractivity contribution >= 4 is 17.0 Å². The minimum absolute atomic E-state index is 0.00194. The molecule has 84 valence electrons. The van der Waals surface area contributed by atoms with Gasteiger partial charge < -0.3 is 25.1 Å². The molecular weight excluding hydrogens is 212 g/mol. The Morgan fingerprint density at radius 1 is 1.38 bits per heavy atom. The minimum Gasteiger partial charge on any atom is -0.547 e. The number of carbonyl (C=O) groups is 1. The van der Waals surface area contributed by atoms with Gasteiger partial charge in [-0.1, -0.05) is 12.1 Å². The van der Waals surface area contributed by atoms with Gasteiger partial charge in [0.25, 0.3) is 0 Å². The lowest BCUT2D eigenvalue weighted by Gasteiger charge is -2.15. The average molecular weight is 221 g/mol. The predicted octanol–water partition coefficient (Wildman–Crippen LogP) is -1.29. The molecule has 1 heterocycles. The number of H-pyrrole nitrogens is 1. The van der Waals surface area contributed by atoms with Crippen LogP contribution >= 0.6 is 0 Å². The molecule has 16 heavy (non-hydrogen) atoms. The Kier molecular flexibility index (Phi) is 2.59. The van der Waals surface area contributed by atoms with Crippen LogP contribution in [-0.2, 0) is 4.79 Å². The lowest BCUT2D eigenvalue weighted by Crippen LogP contribution is -2.39. The Hall–Kier alpha value is -1.92. The molecule has 0 saturated heterocycles. The number of imidazole rings is 1. The summed E-state index contributed by atoms with van der Waals surface area (Å²) in [5.41, 5.74) is 1.24. The number of aromatic amines is 1. The Labute approximate surface area is 90.2 Å². The summed E-state index contributed by atoms with van der Waals surface area (Å²) >= 11 is 0. The normalized spacial score (nSPS) is 14.9. The second-order valence-corrected chi connectivity index (χ2v) is 3.35. The van der Waals surface area contributed by atoms with Crippen molar-refractivity contribution in [1.82, 2.24) is 9.97 Å². The maximum absolute atomic E-state index is 10.4. The molecule has 0 amide bonds. The number of aliphatic hydroxyl groups excluding tert-OH is 2. The van der Waals surface area contributed by atoms with Crippen molar-refractivity contribution < 1.29 is 20.1 Å². The topological polar surface area (TPSA) is 109 Å². The maximum atomic E-state index is 10.4. The number of aromatic nitrogens is 2. The number of rotatable bonds is 3. The number of para-hydroxylation sites is 2. The summed E-state index contributed by atoms with van der Waals surface area (Å²) in [4.78, 5) is 17.0. The number of fused-ring (bicyclic) bond motifs is 1. The number of hydrogen-bond acceptors (Lipinski definition) is 5. The first-order valence-electron chi connectivity index (χ1n) is 4.61. The highest BCUT2D eigenvalue weighted by molar-refractivity contribution is 5.75. The van der Waals surface area contributed by atoms with Crippen LogP contribution < -0.4 is 5.11 Å². The van der Waals surface area contributed by atoms with Gasteiger partial charge >= 0.3 is 0 Å². The third-order valence-corrected chi connectivity index (χ3v) is 2.23. The number of carboxylic acids is 1. The fraction of sp³-hybridized carbons (Fsp3) is 0.200. The van der Waals surface area contributed by atoms with Gasteiger partial charge in [-0.05, 0) is 12.1 Å². The lowest BCUT2D eigenvalue weighted by molar-refractivity contribution is -0.318. The van der Waals surface area contributed by atoms with E-state index in [4.69, 9.17) is 5.11 Å². The summed E-state index contributed by atoms with van der Waals surface area (Å²) < 4.78 is 0. The third kappa shape index (κ3) is 1.75. The summed E-state index contributed by atoms with van der Waals surface area (Å²) in [6.45, 7) is 0. The standard InChI is InChI=1S/C10H10N2O4/c13-7(8(14)10(15)16)9-11-5-3-1-2-4-6(5)12-9/h1-4,7-8,13-14H,(H,11,12)(H,15,16)/p-1/t7-,8+/m1/s1. The summed E-state index contributed by atoms with van der Waals surface area (Å²) in [5.74, 6) is -1.74. The van der Waals surface area contributed by atoms with Crippen LogP contribution in [0.5, 0.6) is 0 Å². The van der Waals surface area contributed by atoms with Gasteiger partial charge in [0, 0.05) is 0 Å². The number of nitrogens with one attached hydrogen (secondary N) is 1. The van der Waals surface area contributed by atoms with E-state index >= 15 is 0 Å². The first-order chi connectivity index (χ1) is 7.59. The van der Waals surface area contributed by atoms with Crippen LogP contribution in [0.2, 0.25) is 0 Å². The second-order valence-electron chi connectivity index (χ2n) is 3.35. The third-order valence-electron chi connectivity index (χ3n) is 2.23. The highest BCUT2D eigenvalue weighted by Crippen LogP contribution is 2.17. The number of carboxylic acid groups (broad SMARTS) is 1. The smallest absolute Gasteiger partial charge is 0.143 e. The van der Waals surface area contributed by atoms with Crippen molar-refractivity contribution in [3.8, 4) is 0 Å². The maximum Gasteiger partial charge on any atom is 0.143 e. The van der Waals surface area contributed by atoms with Gasteiger partial charge in [0.05, 0.1) is 17.0 Å². The highest BCUT2D eigenvalue weighted by atomic mass is 16.4. The SMILES string of the molecule is O=C([O-])[C@@H](O)[C@@H](O)c1nc2ccccc2[nH]1. The molecule has 2 rings (SSSR count). The van der Waals surface area contributed by atoms with E-state index in [0.29, 0.717) is 11.0 Å². The molecule has 0 bridgehead atoms. The monoisotopic (exact) mass is 221 g/mol. The van der Waals surface area contributed by atoms with Gasteiger partial charge in [0.2, 0.25) is 0 Å². The molecule has 6 nitrogen and oxygen atoms in total. The molecule has 0 aliphatic heterocycles. The van der Waals surface area contributed by atoms with Gasteiger partial charge in [0.1, 0.15) is 18.0 Å². The number of aliphatic hydroxyl groups is 2. The zero-order valence-electron chi connectivity index (χ0n) is 8.12. The fourth-order valence-corrected chi connectivity index (χ4v) is 1.39. The van der Waals surface area contributed by atoms with Crippen LogP contribution in [0.4, 0.5) is 0 Å². The molecule has 6 heteroatoms. The van der Waals surface area contributed by atoms with Crippen molar-refractivity contribution in [1.29, 1.82) is 0 Å². The lowest BCUT2D eigenvalue weighted by atomic mass is 10.2. The zero-order valence-corrected chi connectivity index (χ0v) is 8.12. The quantitative estimate of drug-likeness (QED) is 0.597. The largest absolute Gasteiger partial charge is 0.547 e. The van der Waals surface area contributed by atoms with E-state index in [0.717, 1.165) is 0 Å². The number of benzene rings is 1. The average Bonchev–Trinajstić information content (AvgIpc) is 2.70. The fourth-order valence-electron chi connectivity index (χ4n) is 1.39. The van der Waals surface area contributed by atoms with Crippen molar-refractivity contribution in [3.63, 3.8) is 0 Å². The van der Waals surface area contributed by atoms with Crippen LogP contribution in [0.15, 0.2) is 24.3 Å². The van der Waals surface area contributed by atoms with Crippen molar-refractivity contribution in [3.05, 3.63) is 30.1 Å². The van der Waals surface area contributed by atoms with E-state index in [2.05, 4.69) is 9.97 Å². The van der Waals surface area contributed by atoms with E-state index in [1.54, 1.807) is 24.3 Å². The first kappa shape index (κ1) is 10.6. The number of nitrogens with zero attached hydrogens (tertiary/aromatic N) is 1. The summed E-state index contributed by atoms with van der Waals surface area (Å²) in [7, 11) is 0. The van der Waals surface area contributed by atoms with E-state index in [1.807, 2.05) is 0 Å². The number of hydrogen-bond donors (Lipinski definition) is 3. The zero-order chi connectivity index (χ0) is 11.7. The Morgan fingerprint density at radius 3 is 2.69 bits per heavy atom. The molecule has 0 aliphatic rings. The molecule has 0 radical (unpaired) electrons. The highest BCUT2D eigenvalue weighted by Gasteiger charge is 2.22. The predicted molar refractivity (Wildman–Crippen MR) is 52.1 cm³/mol. The molecule has 1 aromatic heterocycles.